The molecule has 0 radical (unpaired) electrons. The molecule has 6 nitrogen and oxygen atoms in total. The van der Waals surface area contributed by atoms with E-state index in [9.17, 15) is 14.7 Å². The summed E-state index contributed by atoms with van der Waals surface area (Å²) in [5, 5.41) is 10.5. The Kier molecular flexibility index (Phi) is 9.77. The van der Waals surface area contributed by atoms with Gasteiger partial charge in [0.2, 0.25) is 0 Å². The van der Waals surface area contributed by atoms with E-state index in [1.54, 1.807) is 36.1 Å². The van der Waals surface area contributed by atoms with Gasteiger partial charge in [0.05, 0.1) is 12.6 Å². The number of hydrogen-bond acceptors (Lipinski definition) is 5. The van der Waals surface area contributed by atoms with E-state index >= 15 is 0 Å². The van der Waals surface area contributed by atoms with Crippen molar-refractivity contribution in [3.05, 3.63) is 69.7 Å². The van der Waals surface area contributed by atoms with Crippen molar-refractivity contribution < 1.29 is 24.2 Å². The first kappa shape index (κ1) is 26.5. The van der Waals surface area contributed by atoms with Crippen LogP contribution in [0, 0.1) is 0 Å². The van der Waals surface area contributed by atoms with E-state index in [0.29, 0.717) is 35.7 Å². The highest BCUT2D eigenvalue weighted by Crippen LogP contribution is 2.44. The summed E-state index contributed by atoms with van der Waals surface area (Å²) in [4.78, 5) is 28.5. The average molecular weight is 508 g/mol. The molecule has 1 aliphatic heterocycles. The number of halogens is 2. The van der Waals surface area contributed by atoms with Gasteiger partial charge in [-0.2, -0.15) is 0 Å². The smallest absolute Gasteiger partial charge is 0.328 e. The van der Waals surface area contributed by atoms with Gasteiger partial charge in [-0.05, 0) is 61.6 Å². The fraction of sp³-hybridized carbons (Fsp3) is 0.462. The topological polar surface area (TPSA) is 76.1 Å². The monoisotopic (exact) mass is 507 g/mol. The molecule has 1 fully saturated rings. The number of carbonyl (C=O) groups is 2. The molecule has 184 valence electrons. The van der Waals surface area contributed by atoms with Crippen molar-refractivity contribution in [2.75, 3.05) is 13.2 Å². The van der Waals surface area contributed by atoms with Crippen molar-refractivity contribution in [1.82, 2.24) is 4.90 Å². The van der Waals surface area contributed by atoms with Gasteiger partial charge in [0.15, 0.2) is 0 Å². The molecular weight excluding hydrogens is 477 g/mol. The quantitative estimate of drug-likeness (QED) is 0.429. The summed E-state index contributed by atoms with van der Waals surface area (Å²) in [6.07, 6.45) is 0.522. The van der Waals surface area contributed by atoms with Crippen molar-refractivity contribution in [3.63, 3.8) is 0 Å². The third kappa shape index (κ3) is 6.11. The number of carbonyl (C=O) groups excluding carboxylic acids is 2. The van der Waals surface area contributed by atoms with Crippen molar-refractivity contribution in [2.24, 2.45) is 0 Å². The van der Waals surface area contributed by atoms with Gasteiger partial charge in [0.1, 0.15) is 18.2 Å². The normalized spacial score (nSPS) is 21.4. The minimum atomic E-state index is -0.801. The molecule has 2 aromatic carbocycles. The average Bonchev–Trinajstić information content (AvgIpc) is 2.83. The lowest BCUT2D eigenvalue weighted by Gasteiger charge is -2.47. The Morgan fingerprint density at radius 2 is 1.65 bits per heavy atom. The molecule has 1 saturated heterocycles. The summed E-state index contributed by atoms with van der Waals surface area (Å²) in [7, 11) is 0. The Bertz CT molecular complexity index is 951. The van der Waals surface area contributed by atoms with Crippen LogP contribution in [0.3, 0.4) is 0 Å². The molecule has 4 atom stereocenters. The summed E-state index contributed by atoms with van der Waals surface area (Å²) in [6.45, 7) is 3.88. The first-order valence-electron chi connectivity index (χ1n) is 11.7. The van der Waals surface area contributed by atoms with Crippen LogP contribution in [0.2, 0.25) is 10.0 Å². The molecule has 2 aromatic rings. The first-order valence-corrected chi connectivity index (χ1v) is 12.4. The Balaban J connectivity index is 2.16. The summed E-state index contributed by atoms with van der Waals surface area (Å²) < 4.78 is 11.8. The number of aliphatic hydroxyl groups is 1. The van der Waals surface area contributed by atoms with Crippen LogP contribution < -0.4 is 0 Å². The van der Waals surface area contributed by atoms with Crippen molar-refractivity contribution in [2.45, 2.75) is 63.8 Å². The lowest BCUT2D eigenvalue weighted by Crippen LogP contribution is -2.57. The predicted octanol–water partition coefficient (Wildman–Crippen LogP) is 5.51. The number of esters is 1. The van der Waals surface area contributed by atoms with Crippen LogP contribution in [-0.2, 0) is 19.1 Å². The molecule has 0 bridgehead atoms. The van der Waals surface area contributed by atoms with Crippen LogP contribution in [0.5, 0.6) is 0 Å². The van der Waals surface area contributed by atoms with Crippen LogP contribution in [0.4, 0.5) is 0 Å². The molecule has 4 unspecified atom stereocenters. The zero-order valence-corrected chi connectivity index (χ0v) is 21.0. The van der Waals surface area contributed by atoms with Crippen LogP contribution in [0.15, 0.2) is 48.5 Å². The number of morpholine rings is 1. The second-order valence-corrected chi connectivity index (χ2v) is 9.13. The molecule has 8 heteroatoms. The van der Waals surface area contributed by atoms with E-state index in [1.165, 1.54) is 0 Å². The Labute approximate surface area is 210 Å². The van der Waals surface area contributed by atoms with Gasteiger partial charge in [-0.3, -0.25) is 4.79 Å². The van der Waals surface area contributed by atoms with Gasteiger partial charge >= 0.3 is 5.97 Å². The largest absolute Gasteiger partial charge is 0.464 e. The number of amides is 1. The highest BCUT2D eigenvalue weighted by atomic mass is 35.5. The van der Waals surface area contributed by atoms with E-state index in [0.717, 1.165) is 11.1 Å². The summed E-state index contributed by atoms with van der Waals surface area (Å²) >= 11 is 12.3. The SMILES string of the molecule is CCCC(C(=O)OCC)N1C(=O)C(CCCO)OC(c2ccc(Cl)cc2)C1c1ccc(Cl)cc1. The van der Waals surface area contributed by atoms with Crippen molar-refractivity contribution >= 4 is 35.1 Å². The number of benzene rings is 2. The number of ether oxygens (including phenoxy) is 2. The second kappa shape index (κ2) is 12.5. The molecule has 0 saturated carbocycles. The highest BCUT2D eigenvalue weighted by Gasteiger charge is 2.48. The van der Waals surface area contributed by atoms with E-state index in [-0.39, 0.29) is 19.1 Å². The van der Waals surface area contributed by atoms with Crippen LogP contribution in [0.25, 0.3) is 0 Å². The third-order valence-electron chi connectivity index (χ3n) is 5.92. The molecule has 34 heavy (non-hydrogen) atoms. The first-order chi connectivity index (χ1) is 16.4. The van der Waals surface area contributed by atoms with Gasteiger partial charge in [0.25, 0.3) is 5.91 Å². The lowest BCUT2D eigenvalue weighted by molar-refractivity contribution is -0.187. The zero-order valence-electron chi connectivity index (χ0n) is 19.5. The highest BCUT2D eigenvalue weighted by molar-refractivity contribution is 6.30. The molecule has 1 amide bonds. The van der Waals surface area contributed by atoms with E-state index in [2.05, 4.69) is 0 Å². The number of rotatable bonds is 10. The Morgan fingerprint density at radius 3 is 2.18 bits per heavy atom. The molecule has 1 N–H and O–H groups in total. The fourth-order valence-electron chi connectivity index (χ4n) is 4.37. The maximum atomic E-state index is 13.8. The van der Waals surface area contributed by atoms with Gasteiger partial charge < -0.3 is 19.5 Å². The molecule has 1 heterocycles. The lowest BCUT2D eigenvalue weighted by atomic mass is 9.89. The van der Waals surface area contributed by atoms with Gasteiger partial charge in [-0.1, -0.05) is 60.8 Å². The minimum Gasteiger partial charge on any atom is -0.464 e. The Morgan fingerprint density at radius 1 is 1.06 bits per heavy atom. The summed E-state index contributed by atoms with van der Waals surface area (Å²) in [6, 6.07) is 13.1. The van der Waals surface area contributed by atoms with Crippen LogP contribution in [0.1, 0.15) is 62.8 Å². The van der Waals surface area contributed by atoms with E-state index in [1.807, 2.05) is 31.2 Å². The molecule has 0 aliphatic carbocycles. The van der Waals surface area contributed by atoms with Crippen LogP contribution in [-0.4, -0.2) is 47.2 Å². The van der Waals surface area contributed by atoms with Gasteiger partial charge in [-0.15, -0.1) is 0 Å². The summed E-state index contributed by atoms with van der Waals surface area (Å²) in [5.41, 5.74) is 1.62. The third-order valence-corrected chi connectivity index (χ3v) is 6.42. The van der Waals surface area contributed by atoms with Crippen LogP contribution >= 0.6 is 23.2 Å². The van der Waals surface area contributed by atoms with Gasteiger partial charge in [-0.25, -0.2) is 4.79 Å². The van der Waals surface area contributed by atoms with Gasteiger partial charge in [0, 0.05) is 16.7 Å². The minimum absolute atomic E-state index is 0.0599. The maximum Gasteiger partial charge on any atom is 0.328 e. The molecule has 3 rings (SSSR count). The number of aliphatic hydroxyl groups excluding tert-OH is 1. The molecular formula is C26H31Cl2NO5. The number of hydrogen-bond donors (Lipinski definition) is 1. The van der Waals surface area contributed by atoms with Crippen molar-refractivity contribution in [1.29, 1.82) is 0 Å². The Hall–Kier alpha value is -2.12. The molecule has 0 aromatic heterocycles. The second-order valence-electron chi connectivity index (χ2n) is 8.26. The van der Waals surface area contributed by atoms with E-state index < -0.39 is 30.3 Å². The molecule has 1 aliphatic rings. The fourth-order valence-corrected chi connectivity index (χ4v) is 4.62. The van der Waals surface area contributed by atoms with Crippen molar-refractivity contribution in [3.8, 4) is 0 Å². The predicted molar refractivity (Wildman–Crippen MR) is 132 cm³/mol. The standard InChI is InChI=1S/C26H31Cl2NO5/c1-3-6-21(26(32)33-4-2)29-23(17-8-12-19(27)13-9-17)24(18-10-14-20(28)15-11-18)34-22(25(29)31)7-5-16-30/h8-15,21-24,30H,3-7,16H2,1-2H3. The molecule has 0 spiro atoms. The maximum absolute atomic E-state index is 13.8. The van der Waals surface area contributed by atoms with E-state index in [4.69, 9.17) is 32.7 Å². The number of nitrogens with zero attached hydrogens (tertiary/aromatic N) is 1. The zero-order chi connectivity index (χ0) is 24.7. The summed E-state index contributed by atoms with van der Waals surface area (Å²) in [5.74, 6) is -0.723.